The lowest BCUT2D eigenvalue weighted by Crippen LogP contribution is -2.16. The highest BCUT2D eigenvalue weighted by molar-refractivity contribution is 6.09. The molecule has 0 radical (unpaired) electrons. The van der Waals surface area contributed by atoms with Gasteiger partial charge in [-0.25, -0.2) is 4.99 Å². The maximum Gasteiger partial charge on any atom is 0.138 e. The molecule has 1 aromatic rings. The number of allylic oxidation sites excluding steroid dienone is 7. The molecule has 3 nitrogen and oxygen atoms in total. The summed E-state index contributed by atoms with van der Waals surface area (Å²) in [6, 6.07) is 8.01. The summed E-state index contributed by atoms with van der Waals surface area (Å²) in [5.74, 6) is 0.592. The van der Waals surface area contributed by atoms with Gasteiger partial charge < -0.3 is 10.1 Å². The van der Waals surface area contributed by atoms with Gasteiger partial charge in [0.15, 0.2) is 0 Å². The highest BCUT2D eigenvalue weighted by Crippen LogP contribution is 2.21. The molecule has 1 aliphatic heterocycles. The quantitative estimate of drug-likeness (QED) is 0.596. The van der Waals surface area contributed by atoms with Gasteiger partial charge in [-0.3, -0.25) is 0 Å². The number of nitrogens with one attached hydrogen (secondary N) is 1. The van der Waals surface area contributed by atoms with Crippen molar-refractivity contribution < 1.29 is 4.74 Å². The van der Waals surface area contributed by atoms with Crippen molar-refractivity contribution in [2.45, 2.75) is 13.8 Å². The summed E-state index contributed by atoms with van der Waals surface area (Å²) in [6.45, 7) is 8.20. The highest BCUT2D eigenvalue weighted by atomic mass is 16.5. The Balaban J connectivity index is 2.30. The second-order valence-corrected chi connectivity index (χ2v) is 5.22. The first kappa shape index (κ1) is 17.4. The van der Waals surface area contributed by atoms with E-state index in [1.54, 1.807) is 0 Å². The molecule has 0 bridgehead atoms. The fraction of sp³-hybridized carbons (Fsp3) is 0.143. The highest BCUT2D eigenvalue weighted by Gasteiger charge is 2.15. The summed E-state index contributed by atoms with van der Waals surface area (Å²) in [7, 11) is 0. The van der Waals surface area contributed by atoms with E-state index in [4.69, 9.17) is 10.1 Å². The van der Waals surface area contributed by atoms with Crippen molar-refractivity contribution in [1.82, 2.24) is 0 Å². The molecule has 3 heteroatoms. The number of aliphatic imine (C=N–C) groups is 1. The topological polar surface area (TPSA) is 45.4 Å². The van der Waals surface area contributed by atoms with E-state index in [2.05, 4.69) is 11.6 Å². The first-order chi connectivity index (χ1) is 11.7. The summed E-state index contributed by atoms with van der Waals surface area (Å²) in [4.78, 5) is 4.65. The van der Waals surface area contributed by atoms with E-state index < -0.39 is 0 Å². The summed E-state index contributed by atoms with van der Waals surface area (Å²) < 4.78 is 5.62. The van der Waals surface area contributed by atoms with Gasteiger partial charge in [-0.1, -0.05) is 61.2 Å². The summed E-state index contributed by atoms with van der Waals surface area (Å²) in [5.41, 5.74) is 4.49. The molecule has 0 saturated carbocycles. The molecule has 122 valence electrons. The fourth-order valence-electron chi connectivity index (χ4n) is 2.22. The Bertz CT molecular complexity index is 760. The Hall–Kier alpha value is -2.94. The third-order valence-electron chi connectivity index (χ3n) is 3.55. The van der Waals surface area contributed by atoms with Crippen molar-refractivity contribution >= 4 is 17.5 Å². The number of nitrogens with zero attached hydrogens (tertiary/aromatic N) is 1. The molecule has 0 atom stereocenters. The molecule has 0 fully saturated rings. The maximum atomic E-state index is 7.54. The second-order valence-electron chi connectivity index (χ2n) is 5.22. The third kappa shape index (κ3) is 4.29. The van der Waals surface area contributed by atoms with Crippen LogP contribution in [0, 0.1) is 5.41 Å². The molecule has 0 aliphatic carbocycles. The molecular weight excluding hydrogens is 296 g/mol. The van der Waals surface area contributed by atoms with Crippen molar-refractivity contribution in [1.29, 1.82) is 5.41 Å². The van der Waals surface area contributed by atoms with Crippen LogP contribution in [0.15, 0.2) is 83.7 Å². The van der Waals surface area contributed by atoms with Crippen LogP contribution in [0.2, 0.25) is 0 Å². The zero-order valence-corrected chi connectivity index (χ0v) is 14.1. The summed E-state index contributed by atoms with van der Waals surface area (Å²) in [5, 5.41) is 7.54. The van der Waals surface area contributed by atoms with Crippen LogP contribution >= 0.6 is 0 Å². The fourth-order valence-corrected chi connectivity index (χ4v) is 2.22. The molecule has 2 rings (SSSR count). The molecular formula is C21H22N2O. The molecule has 1 aromatic carbocycles. The predicted molar refractivity (Wildman–Crippen MR) is 103 cm³/mol. The largest absolute Gasteiger partial charge is 0.486 e. The zero-order valence-electron chi connectivity index (χ0n) is 14.1. The van der Waals surface area contributed by atoms with Crippen molar-refractivity contribution in [3.05, 3.63) is 89.9 Å². The van der Waals surface area contributed by atoms with Gasteiger partial charge in [0, 0.05) is 6.21 Å². The van der Waals surface area contributed by atoms with E-state index in [9.17, 15) is 0 Å². The standard InChI is InChI=1S/C21H22N2O/c1-4-6-8-19(14-22)17-10-12-18(13-11-17)21-15-24-16(3)20(23-21)9-7-5-2/h4-14,22H,3,15H2,1-2H3/b6-4-,7-5-,19-8+,20-9+,22-14?. The van der Waals surface area contributed by atoms with E-state index in [1.807, 2.05) is 74.6 Å². The number of hydrogen-bond donors (Lipinski definition) is 1. The first-order valence-electron chi connectivity index (χ1n) is 7.86. The van der Waals surface area contributed by atoms with Crippen LogP contribution in [0.5, 0.6) is 0 Å². The number of hydrogen-bond acceptors (Lipinski definition) is 3. The Labute approximate surface area is 143 Å². The molecule has 0 amide bonds. The number of rotatable bonds is 5. The Morgan fingerprint density at radius 3 is 2.50 bits per heavy atom. The lowest BCUT2D eigenvalue weighted by Gasteiger charge is -2.18. The number of ether oxygens (including phenoxy) is 1. The summed E-state index contributed by atoms with van der Waals surface area (Å²) >= 11 is 0. The van der Waals surface area contributed by atoms with Crippen LogP contribution in [-0.4, -0.2) is 18.5 Å². The predicted octanol–water partition coefficient (Wildman–Crippen LogP) is 5.09. The minimum Gasteiger partial charge on any atom is -0.486 e. The molecule has 1 aliphatic rings. The number of benzene rings is 1. The van der Waals surface area contributed by atoms with Gasteiger partial charge in [0.1, 0.15) is 18.1 Å². The third-order valence-corrected chi connectivity index (χ3v) is 3.55. The van der Waals surface area contributed by atoms with Crippen LogP contribution in [0.4, 0.5) is 0 Å². The first-order valence-corrected chi connectivity index (χ1v) is 7.86. The normalized spacial score (nSPS) is 17.4. The minimum absolute atomic E-state index is 0.414. The molecule has 1 N–H and O–H groups in total. The van der Waals surface area contributed by atoms with Crippen LogP contribution in [0.1, 0.15) is 25.0 Å². The molecule has 0 aromatic heterocycles. The van der Waals surface area contributed by atoms with E-state index in [0.29, 0.717) is 12.4 Å². The molecule has 0 unspecified atom stereocenters. The molecule has 1 heterocycles. The Morgan fingerprint density at radius 2 is 1.88 bits per heavy atom. The van der Waals surface area contributed by atoms with Crippen LogP contribution in [0.25, 0.3) is 5.57 Å². The summed E-state index contributed by atoms with van der Waals surface area (Å²) in [6.07, 6.45) is 12.9. The van der Waals surface area contributed by atoms with Gasteiger partial charge in [0.2, 0.25) is 0 Å². The zero-order chi connectivity index (χ0) is 17.4. The Kier molecular flexibility index (Phi) is 6.26. The van der Waals surface area contributed by atoms with E-state index in [1.165, 1.54) is 6.21 Å². The van der Waals surface area contributed by atoms with Crippen molar-refractivity contribution in [3.8, 4) is 0 Å². The lowest BCUT2D eigenvalue weighted by molar-refractivity contribution is 0.262. The van der Waals surface area contributed by atoms with E-state index >= 15 is 0 Å². The average Bonchev–Trinajstić information content (AvgIpc) is 2.62. The Morgan fingerprint density at radius 1 is 1.17 bits per heavy atom. The second kappa shape index (κ2) is 8.63. The van der Waals surface area contributed by atoms with Gasteiger partial charge in [-0.15, -0.1) is 0 Å². The van der Waals surface area contributed by atoms with E-state index in [0.717, 1.165) is 28.1 Å². The molecule has 0 saturated heterocycles. The van der Waals surface area contributed by atoms with Gasteiger partial charge >= 0.3 is 0 Å². The molecule has 0 spiro atoms. The van der Waals surface area contributed by atoms with Crippen LogP contribution < -0.4 is 0 Å². The van der Waals surface area contributed by atoms with Gasteiger partial charge in [-0.05, 0) is 36.6 Å². The molecule has 24 heavy (non-hydrogen) atoms. The van der Waals surface area contributed by atoms with Crippen molar-refractivity contribution in [3.63, 3.8) is 0 Å². The van der Waals surface area contributed by atoms with Crippen LogP contribution in [-0.2, 0) is 4.74 Å². The minimum atomic E-state index is 0.414. The van der Waals surface area contributed by atoms with E-state index in [-0.39, 0.29) is 0 Å². The van der Waals surface area contributed by atoms with Gasteiger partial charge in [0.25, 0.3) is 0 Å². The SMILES string of the molecule is C=C1OCC(c2ccc(/C(C=N)=C/C=C\C)cc2)=N/C1=C/C=C\C. The maximum absolute atomic E-state index is 7.54. The van der Waals surface area contributed by atoms with Gasteiger partial charge in [-0.2, -0.15) is 0 Å². The van der Waals surface area contributed by atoms with Gasteiger partial charge in [0.05, 0.1) is 5.71 Å². The van der Waals surface area contributed by atoms with Crippen LogP contribution in [0.3, 0.4) is 0 Å². The van der Waals surface area contributed by atoms with Crippen molar-refractivity contribution in [2.24, 2.45) is 4.99 Å². The monoisotopic (exact) mass is 318 g/mol. The smallest absolute Gasteiger partial charge is 0.138 e. The lowest BCUT2D eigenvalue weighted by atomic mass is 10.0. The average molecular weight is 318 g/mol. The van der Waals surface area contributed by atoms with Crippen molar-refractivity contribution in [2.75, 3.05) is 6.61 Å².